The van der Waals surface area contributed by atoms with Gasteiger partial charge in [-0.2, -0.15) is 0 Å². The molecule has 1 atom stereocenters. The summed E-state index contributed by atoms with van der Waals surface area (Å²) in [5.74, 6) is 0. The molecule has 21 heavy (non-hydrogen) atoms. The van der Waals surface area contributed by atoms with E-state index in [9.17, 15) is 14.7 Å². The van der Waals surface area contributed by atoms with Crippen LogP contribution < -0.4 is 25.8 Å². The highest BCUT2D eigenvalue weighted by Gasteiger charge is 2.36. The number of amides is 3. The van der Waals surface area contributed by atoms with Gasteiger partial charge in [-0.15, -0.1) is 0 Å². The van der Waals surface area contributed by atoms with E-state index in [0.29, 0.717) is 17.9 Å². The molecule has 1 aliphatic rings. The van der Waals surface area contributed by atoms with Crippen molar-refractivity contribution in [3.8, 4) is 0 Å². The van der Waals surface area contributed by atoms with Gasteiger partial charge < -0.3 is 15.2 Å². The molecule has 2 N–H and O–H groups in total. The predicted octanol–water partition coefficient (Wildman–Crippen LogP) is 1.02. The summed E-state index contributed by atoms with van der Waals surface area (Å²) in [5.41, 5.74) is 3.50. The number of carbonyl (C=O) groups excluding carboxylic acids is 2. The van der Waals surface area contributed by atoms with E-state index in [0.717, 1.165) is 12.8 Å². The van der Waals surface area contributed by atoms with Crippen LogP contribution in [0.15, 0.2) is 24.3 Å². The highest BCUT2D eigenvalue weighted by atomic mass is 16.4. The molecule has 1 aromatic rings. The Hall–Kier alpha value is -2.44. The smallest absolute Gasteiger partial charge is 0.323 e. The first-order chi connectivity index (χ1) is 10.1. The lowest BCUT2D eigenvalue weighted by Gasteiger charge is -2.29. The van der Waals surface area contributed by atoms with E-state index in [-0.39, 0.29) is 6.03 Å². The van der Waals surface area contributed by atoms with Crippen LogP contribution in [0.4, 0.5) is 21.0 Å². The molecule has 0 aromatic heterocycles. The van der Waals surface area contributed by atoms with Crippen molar-refractivity contribution in [1.82, 2.24) is 10.7 Å². The number of hydrazine groups is 1. The number of rotatable bonds is 4. The molecule has 1 unspecified atom stereocenters. The number of para-hydroxylation sites is 2. The third kappa shape index (κ3) is 3.01. The average Bonchev–Trinajstić information content (AvgIpc) is 2.72. The largest absolute Gasteiger partial charge is 0.529 e. The van der Waals surface area contributed by atoms with Gasteiger partial charge in [0.05, 0.1) is 11.4 Å². The number of anilines is 2. The molecule has 0 bridgehead atoms. The van der Waals surface area contributed by atoms with E-state index < -0.39 is 12.3 Å². The summed E-state index contributed by atoms with van der Waals surface area (Å²) >= 11 is 0. The maximum Gasteiger partial charge on any atom is 0.323 e. The fourth-order valence-electron chi connectivity index (χ4n) is 2.38. The van der Waals surface area contributed by atoms with Gasteiger partial charge in [0.25, 0.3) is 0 Å². The van der Waals surface area contributed by atoms with Gasteiger partial charge in [-0.3, -0.25) is 15.3 Å². The molecule has 3 amide bonds. The van der Waals surface area contributed by atoms with Crippen LogP contribution in [0, 0.1) is 0 Å². The maximum absolute atomic E-state index is 12.3. The number of carboxylic acid groups (broad SMARTS) is 1. The van der Waals surface area contributed by atoms with Crippen molar-refractivity contribution < 1.29 is 14.7 Å². The molecule has 0 fully saturated rings. The van der Waals surface area contributed by atoms with E-state index in [2.05, 4.69) is 10.7 Å². The Morgan fingerprint density at radius 2 is 1.95 bits per heavy atom. The van der Waals surface area contributed by atoms with Gasteiger partial charge in [0.15, 0.2) is 6.09 Å². The van der Waals surface area contributed by atoms with Crippen molar-refractivity contribution in [2.45, 2.75) is 32.9 Å². The van der Waals surface area contributed by atoms with Crippen LogP contribution in [0.1, 0.15) is 26.7 Å². The third-order valence-corrected chi connectivity index (χ3v) is 3.39. The lowest BCUT2D eigenvalue weighted by atomic mass is 10.2. The molecule has 1 aromatic carbocycles. The number of hydrogen-bond donors (Lipinski definition) is 2. The number of urea groups is 1. The van der Waals surface area contributed by atoms with Gasteiger partial charge >= 0.3 is 6.03 Å². The van der Waals surface area contributed by atoms with Crippen LogP contribution >= 0.6 is 0 Å². The first kappa shape index (κ1) is 15.0. The highest BCUT2D eigenvalue weighted by molar-refractivity contribution is 5.99. The van der Waals surface area contributed by atoms with Gasteiger partial charge in [0.1, 0.15) is 6.17 Å². The monoisotopic (exact) mass is 291 g/mol. The highest BCUT2D eigenvalue weighted by Crippen LogP contribution is 2.37. The van der Waals surface area contributed by atoms with E-state index in [4.69, 9.17) is 0 Å². The molecular weight excluding hydrogens is 272 g/mol. The van der Waals surface area contributed by atoms with Crippen LogP contribution in [-0.4, -0.2) is 24.8 Å². The second-order valence-electron chi connectivity index (χ2n) is 4.85. The fraction of sp³-hybridized carbons (Fsp3) is 0.429. The molecular formula is C14H19N4O3-. The average molecular weight is 291 g/mol. The lowest BCUT2D eigenvalue weighted by Crippen LogP contribution is -2.56. The summed E-state index contributed by atoms with van der Waals surface area (Å²) in [6.45, 7) is 4.38. The number of fused-ring (bicyclic) bond motifs is 1. The van der Waals surface area contributed by atoms with Crippen LogP contribution in [-0.2, 0) is 0 Å². The van der Waals surface area contributed by atoms with E-state index in [1.54, 1.807) is 31.2 Å². The van der Waals surface area contributed by atoms with Crippen molar-refractivity contribution in [2.24, 2.45) is 0 Å². The zero-order valence-corrected chi connectivity index (χ0v) is 12.1. The Kier molecular flexibility index (Phi) is 4.52. The molecule has 1 heterocycles. The second kappa shape index (κ2) is 6.34. The molecule has 2 rings (SSSR count). The van der Waals surface area contributed by atoms with Crippen molar-refractivity contribution in [1.29, 1.82) is 0 Å². The van der Waals surface area contributed by atoms with Gasteiger partial charge in [0, 0.05) is 6.54 Å². The molecule has 7 nitrogen and oxygen atoms in total. The molecule has 0 saturated heterocycles. The van der Waals surface area contributed by atoms with Crippen molar-refractivity contribution in [2.75, 3.05) is 16.5 Å². The van der Waals surface area contributed by atoms with E-state index in [1.807, 2.05) is 6.92 Å². The van der Waals surface area contributed by atoms with Crippen LogP contribution in [0.5, 0.6) is 0 Å². The van der Waals surface area contributed by atoms with Crippen LogP contribution in [0.3, 0.4) is 0 Å². The van der Waals surface area contributed by atoms with Gasteiger partial charge in [-0.05, 0) is 25.5 Å². The summed E-state index contributed by atoms with van der Waals surface area (Å²) < 4.78 is 0. The fourth-order valence-corrected chi connectivity index (χ4v) is 2.38. The minimum Gasteiger partial charge on any atom is -0.529 e. The summed E-state index contributed by atoms with van der Waals surface area (Å²) in [4.78, 5) is 24.7. The van der Waals surface area contributed by atoms with Gasteiger partial charge in [0.2, 0.25) is 0 Å². The predicted molar refractivity (Wildman–Crippen MR) is 77.7 cm³/mol. The van der Waals surface area contributed by atoms with Gasteiger partial charge in [-0.1, -0.05) is 25.5 Å². The van der Waals surface area contributed by atoms with Crippen molar-refractivity contribution in [3.63, 3.8) is 0 Å². The van der Waals surface area contributed by atoms with Crippen LogP contribution in [0.2, 0.25) is 0 Å². The quantitative estimate of drug-likeness (QED) is 0.811. The summed E-state index contributed by atoms with van der Waals surface area (Å²) in [6, 6.07) is 6.88. The number of hydrogen-bond acceptors (Lipinski definition) is 4. The Bertz CT molecular complexity index is 535. The Balaban J connectivity index is 2.22. The second-order valence-corrected chi connectivity index (χ2v) is 4.85. The Labute approximate surface area is 123 Å². The number of nitrogens with one attached hydrogen (secondary N) is 2. The molecule has 7 heteroatoms. The number of unbranched alkanes of at least 4 members (excludes halogenated alkanes) is 1. The van der Waals surface area contributed by atoms with Crippen molar-refractivity contribution in [3.05, 3.63) is 24.3 Å². The number of carbonyl (C=O) groups is 2. The standard InChI is InChI=1S/C14H20N4O3/c1-3-4-9-15-13(19)17-10(2)18(16-14(20)21)12-8-6-5-7-11(12)17/h5-8,10,16H,3-4,9H2,1-2H3,(H,15,19)(H,20,21)/p-1. The lowest BCUT2D eigenvalue weighted by molar-refractivity contribution is -0.251. The molecule has 1 aliphatic heterocycles. The first-order valence-electron chi connectivity index (χ1n) is 6.99. The molecule has 0 spiro atoms. The van der Waals surface area contributed by atoms with E-state index >= 15 is 0 Å². The maximum atomic E-state index is 12.3. The minimum absolute atomic E-state index is 0.244. The summed E-state index contributed by atoms with van der Waals surface area (Å²) in [6.07, 6.45) is 0.00771. The SMILES string of the molecule is CCCCNC(=O)N1c2ccccc2N(NC(=O)[O-])C1C. The Morgan fingerprint density at radius 1 is 1.29 bits per heavy atom. The van der Waals surface area contributed by atoms with Crippen molar-refractivity contribution >= 4 is 23.5 Å². The zero-order valence-electron chi connectivity index (χ0n) is 12.1. The third-order valence-electron chi connectivity index (χ3n) is 3.39. The summed E-state index contributed by atoms with van der Waals surface area (Å²) in [7, 11) is 0. The Morgan fingerprint density at radius 3 is 2.57 bits per heavy atom. The minimum atomic E-state index is -1.41. The number of benzene rings is 1. The normalized spacial score (nSPS) is 16.6. The molecule has 0 radical (unpaired) electrons. The molecule has 0 aliphatic carbocycles. The molecule has 114 valence electrons. The topological polar surface area (TPSA) is 87.7 Å². The van der Waals surface area contributed by atoms with E-state index in [1.165, 1.54) is 9.91 Å². The van der Waals surface area contributed by atoms with Gasteiger partial charge in [-0.25, -0.2) is 4.79 Å². The molecule has 0 saturated carbocycles. The van der Waals surface area contributed by atoms with Crippen LogP contribution in [0.25, 0.3) is 0 Å². The summed E-state index contributed by atoms with van der Waals surface area (Å²) in [5, 5.41) is 15.1. The zero-order chi connectivity index (χ0) is 15.4. The number of nitrogens with zero attached hydrogens (tertiary/aromatic N) is 2. The first-order valence-corrected chi connectivity index (χ1v) is 6.99.